The zero-order valence-electron chi connectivity index (χ0n) is 8.79. The molecule has 0 atom stereocenters. The van der Waals surface area contributed by atoms with Gasteiger partial charge in [0.2, 0.25) is 0 Å². The van der Waals surface area contributed by atoms with Crippen LogP contribution in [-0.4, -0.2) is 0 Å². The van der Waals surface area contributed by atoms with Gasteiger partial charge in [0.25, 0.3) is 0 Å². The Labute approximate surface area is 106 Å². The van der Waals surface area contributed by atoms with Crippen LogP contribution in [0.1, 0.15) is 5.56 Å². The lowest BCUT2D eigenvalue weighted by Crippen LogP contribution is -1.97. The van der Waals surface area contributed by atoms with Crippen LogP contribution in [0.2, 0.25) is 0 Å². The van der Waals surface area contributed by atoms with E-state index in [2.05, 4.69) is 15.9 Å². The highest BCUT2D eigenvalue weighted by Crippen LogP contribution is 2.29. The molecule has 0 radical (unpaired) electrons. The van der Waals surface area contributed by atoms with E-state index in [4.69, 9.17) is 4.74 Å². The molecule has 0 bridgehead atoms. The average molecular weight is 299 g/mol. The number of hydrogen-bond donors (Lipinski definition) is 0. The van der Waals surface area contributed by atoms with Gasteiger partial charge in [-0.2, -0.15) is 0 Å². The molecule has 4 heteroatoms. The van der Waals surface area contributed by atoms with Crippen LogP contribution in [0.25, 0.3) is 0 Å². The third kappa shape index (κ3) is 2.82. The molecular weight excluding hydrogens is 290 g/mol. The molecule has 0 saturated heterocycles. The minimum atomic E-state index is -0.935. The van der Waals surface area contributed by atoms with Gasteiger partial charge in [-0.05, 0) is 33.6 Å². The maximum absolute atomic E-state index is 13.2. The Bertz CT molecular complexity index is 514. The zero-order valence-corrected chi connectivity index (χ0v) is 10.4. The van der Waals surface area contributed by atoms with Crippen molar-refractivity contribution in [2.75, 3.05) is 0 Å². The normalized spacial score (nSPS) is 10.3. The summed E-state index contributed by atoms with van der Waals surface area (Å²) in [5, 5.41) is 0. The third-order valence-corrected chi connectivity index (χ3v) is 2.98. The molecule has 88 valence electrons. The maximum Gasteiger partial charge on any atom is 0.176 e. The van der Waals surface area contributed by atoms with Crippen LogP contribution >= 0.6 is 15.9 Å². The second kappa shape index (κ2) is 5.27. The van der Waals surface area contributed by atoms with Gasteiger partial charge in [0.15, 0.2) is 11.6 Å². The smallest absolute Gasteiger partial charge is 0.176 e. The summed E-state index contributed by atoms with van der Waals surface area (Å²) in [6.45, 7) is 0.310. The largest absolute Gasteiger partial charge is 0.488 e. The molecule has 0 saturated carbocycles. The molecule has 0 aliphatic carbocycles. The minimum Gasteiger partial charge on any atom is -0.488 e. The van der Waals surface area contributed by atoms with Crippen molar-refractivity contribution in [1.82, 2.24) is 0 Å². The van der Waals surface area contributed by atoms with Crippen molar-refractivity contribution >= 4 is 15.9 Å². The van der Waals surface area contributed by atoms with E-state index < -0.39 is 11.6 Å². The highest BCUT2D eigenvalue weighted by molar-refractivity contribution is 9.10. The molecule has 0 aromatic heterocycles. The van der Waals surface area contributed by atoms with Crippen molar-refractivity contribution in [3.05, 3.63) is 64.1 Å². The Kier molecular flexibility index (Phi) is 3.74. The number of benzene rings is 2. The fourth-order valence-electron chi connectivity index (χ4n) is 1.35. The molecule has 0 aliphatic rings. The van der Waals surface area contributed by atoms with Crippen molar-refractivity contribution in [1.29, 1.82) is 0 Å². The van der Waals surface area contributed by atoms with Crippen LogP contribution < -0.4 is 4.74 Å². The predicted molar refractivity (Wildman–Crippen MR) is 64.8 cm³/mol. The quantitative estimate of drug-likeness (QED) is 0.768. The fourth-order valence-corrected chi connectivity index (χ4v) is 1.79. The molecule has 1 nitrogen and oxygen atoms in total. The first-order valence-electron chi connectivity index (χ1n) is 4.98. The molecule has 2 rings (SSSR count). The highest BCUT2D eigenvalue weighted by atomic mass is 79.9. The molecule has 0 aliphatic heterocycles. The van der Waals surface area contributed by atoms with E-state index in [1.54, 1.807) is 0 Å². The Morgan fingerprint density at radius 1 is 1.00 bits per heavy atom. The molecular formula is C13H9BrF2O. The summed E-state index contributed by atoms with van der Waals surface area (Å²) in [6.07, 6.45) is 0. The Hall–Kier alpha value is -1.42. The molecule has 2 aromatic carbocycles. The second-order valence-corrected chi connectivity index (χ2v) is 4.24. The van der Waals surface area contributed by atoms with Gasteiger partial charge < -0.3 is 4.74 Å². The molecule has 0 fully saturated rings. The number of halogens is 3. The average Bonchev–Trinajstić information content (AvgIpc) is 2.36. The summed E-state index contributed by atoms with van der Waals surface area (Å²) in [5.74, 6) is -1.55. The van der Waals surface area contributed by atoms with Crippen molar-refractivity contribution < 1.29 is 13.5 Å². The van der Waals surface area contributed by atoms with Crippen molar-refractivity contribution in [2.45, 2.75) is 6.61 Å². The summed E-state index contributed by atoms with van der Waals surface area (Å²) in [6, 6.07) is 11.9. The maximum atomic E-state index is 13.2. The van der Waals surface area contributed by atoms with Gasteiger partial charge >= 0.3 is 0 Å². The van der Waals surface area contributed by atoms with Crippen LogP contribution in [0.3, 0.4) is 0 Å². The first kappa shape index (κ1) is 12.0. The molecule has 0 N–H and O–H groups in total. The van der Waals surface area contributed by atoms with Crippen molar-refractivity contribution in [3.8, 4) is 5.75 Å². The van der Waals surface area contributed by atoms with Crippen LogP contribution in [0.4, 0.5) is 8.78 Å². The summed E-state index contributed by atoms with van der Waals surface area (Å²) < 4.78 is 31.5. The lowest BCUT2D eigenvalue weighted by atomic mass is 10.2. The minimum absolute atomic E-state index is 0.00781. The van der Waals surface area contributed by atoms with Crippen LogP contribution in [0.5, 0.6) is 5.75 Å². The van der Waals surface area contributed by atoms with Gasteiger partial charge in [-0.3, -0.25) is 0 Å². The Morgan fingerprint density at radius 2 is 1.71 bits per heavy atom. The Morgan fingerprint density at radius 3 is 2.41 bits per heavy atom. The van der Waals surface area contributed by atoms with E-state index in [-0.39, 0.29) is 10.2 Å². The van der Waals surface area contributed by atoms with Crippen molar-refractivity contribution in [3.63, 3.8) is 0 Å². The van der Waals surface area contributed by atoms with Gasteiger partial charge in [-0.25, -0.2) is 8.78 Å². The van der Waals surface area contributed by atoms with E-state index in [9.17, 15) is 8.78 Å². The molecule has 0 heterocycles. The SMILES string of the molecule is Fc1ccc(OCc2ccccc2)c(Br)c1F. The van der Waals surface area contributed by atoms with E-state index in [0.717, 1.165) is 11.6 Å². The molecule has 2 aromatic rings. The van der Waals surface area contributed by atoms with Crippen LogP contribution in [0, 0.1) is 11.6 Å². The summed E-state index contributed by atoms with van der Waals surface area (Å²) >= 11 is 2.96. The summed E-state index contributed by atoms with van der Waals surface area (Å²) in [5.41, 5.74) is 0.962. The lowest BCUT2D eigenvalue weighted by molar-refractivity contribution is 0.300. The van der Waals surface area contributed by atoms with E-state index in [1.807, 2.05) is 30.3 Å². The van der Waals surface area contributed by atoms with Crippen LogP contribution in [-0.2, 0) is 6.61 Å². The first-order valence-corrected chi connectivity index (χ1v) is 5.78. The lowest BCUT2D eigenvalue weighted by Gasteiger charge is -2.08. The third-order valence-electron chi connectivity index (χ3n) is 2.24. The highest BCUT2D eigenvalue weighted by Gasteiger charge is 2.11. The molecule has 17 heavy (non-hydrogen) atoms. The fraction of sp³-hybridized carbons (Fsp3) is 0.0769. The van der Waals surface area contributed by atoms with Gasteiger partial charge in [0, 0.05) is 0 Å². The first-order chi connectivity index (χ1) is 8.18. The molecule has 0 spiro atoms. The van der Waals surface area contributed by atoms with Gasteiger partial charge in [-0.1, -0.05) is 30.3 Å². The molecule has 0 amide bonds. The number of rotatable bonds is 3. The van der Waals surface area contributed by atoms with E-state index in [0.29, 0.717) is 6.61 Å². The number of hydrogen-bond acceptors (Lipinski definition) is 1. The van der Waals surface area contributed by atoms with E-state index in [1.165, 1.54) is 6.07 Å². The second-order valence-electron chi connectivity index (χ2n) is 3.45. The Balaban J connectivity index is 2.13. The standard InChI is InChI=1S/C13H9BrF2O/c14-12-11(7-6-10(15)13(12)16)17-8-9-4-2-1-3-5-9/h1-7H,8H2. The van der Waals surface area contributed by atoms with E-state index >= 15 is 0 Å². The van der Waals surface area contributed by atoms with Crippen LogP contribution in [0.15, 0.2) is 46.9 Å². The van der Waals surface area contributed by atoms with Gasteiger partial charge in [0.05, 0.1) is 4.47 Å². The van der Waals surface area contributed by atoms with Crippen molar-refractivity contribution in [2.24, 2.45) is 0 Å². The zero-order chi connectivity index (χ0) is 12.3. The number of ether oxygens (including phenoxy) is 1. The van der Waals surface area contributed by atoms with Gasteiger partial charge in [0.1, 0.15) is 12.4 Å². The molecule has 0 unspecified atom stereocenters. The van der Waals surface area contributed by atoms with Gasteiger partial charge in [-0.15, -0.1) is 0 Å². The summed E-state index contributed by atoms with van der Waals surface area (Å²) in [7, 11) is 0. The monoisotopic (exact) mass is 298 g/mol. The summed E-state index contributed by atoms with van der Waals surface area (Å²) in [4.78, 5) is 0. The predicted octanol–water partition coefficient (Wildman–Crippen LogP) is 4.31. The topological polar surface area (TPSA) is 9.23 Å².